The van der Waals surface area contributed by atoms with Crippen LogP contribution in [0.5, 0.6) is 5.75 Å². The molecule has 0 aliphatic carbocycles. The van der Waals surface area contributed by atoms with E-state index in [1.165, 1.54) is 0 Å². The van der Waals surface area contributed by atoms with Crippen LogP contribution in [-0.4, -0.2) is 12.5 Å². The van der Waals surface area contributed by atoms with Crippen molar-refractivity contribution in [1.82, 2.24) is 0 Å². The molecule has 0 aliphatic rings. The zero-order valence-electron chi connectivity index (χ0n) is 13.3. The SMILES string of the molecule is CCCOc1ccc(NC(=O)c2oc3ccccc3c2C)cc1. The van der Waals surface area contributed by atoms with E-state index in [4.69, 9.17) is 9.15 Å². The zero-order valence-corrected chi connectivity index (χ0v) is 13.3. The number of hydrogen-bond donors (Lipinski definition) is 1. The lowest BCUT2D eigenvalue weighted by Crippen LogP contribution is -2.12. The molecule has 0 unspecified atom stereocenters. The number of rotatable bonds is 5. The number of carbonyl (C=O) groups excluding carboxylic acids is 1. The Bertz CT molecular complexity index is 818. The normalized spacial score (nSPS) is 10.7. The number of carbonyl (C=O) groups is 1. The van der Waals surface area contributed by atoms with Gasteiger partial charge in [-0.2, -0.15) is 0 Å². The Labute approximate surface area is 135 Å². The molecule has 0 spiro atoms. The first-order chi connectivity index (χ1) is 11.2. The Morgan fingerprint density at radius 3 is 2.57 bits per heavy atom. The summed E-state index contributed by atoms with van der Waals surface area (Å²) < 4.78 is 11.2. The second-order valence-electron chi connectivity index (χ2n) is 5.38. The van der Waals surface area contributed by atoms with Gasteiger partial charge in [0.15, 0.2) is 5.76 Å². The van der Waals surface area contributed by atoms with Crippen molar-refractivity contribution in [2.24, 2.45) is 0 Å². The minimum atomic E-state index is -0.249. The molecule has 2 aromatic carbocycles. The van der Waals surface area contributed by atoms with E-state index in [0.29, 0.717) is 18.1 Å². The van der Waals surface area contributed by atoms with Gasteiger partial charge in [-0.15, -0.1) is 0 Å². The third kappa shape index (κ3) is 3.21. The summed E-state index contributed by atoms with van der Waals surface area (Å²) in [5.41, 5.74) is 2.28. The lowest BCUT2D eigenvalue weighted by Gasteiger charge is -2.07. The van der Waals surface area contributed by atoms with E-state index in [9.17, 15) is 4.79 Å². The molecule has 0 bridgehead atoms. The van der Waals surface area contributed by atoms with Crippen LogP contribution < -0.4 is 10.1 Å². The summed E-state index contributed by atoms with van der Waals surface area (Å²) >= 11 is 0. The largest absolute Gasteiger partial charge is 0.494 e. The van der Waals surface area contributed by atoms with Gasteiger partial charge in [0.1, 0.15) is 11.3 Å². The summed E-state index contributed by atoms with van der Waals surface area (Å²) in [7, 11) is 0. The standard InChI is InChI=1S/C19H19NO3/c1-3-12-22-15-10-8-14(9-11-15)20-19(21)18-13(2)16-6-4-5-7-17(16)23-18/h4-11H,3,12H2,1-2H3,(H,20,21). The Morgan fingerprint density at radius 2 is 1.87 bits per heavy atom. The smallest absolute Gasteiger partial charge is 0.291 e. The maximum Gasteiger partial charge on any atom is 0.291 e. The van der Waals surface area contributed by atoms with E-state index in [-0.39, 0.29) is 5.91 Å². The van der Waals surface area contributed by atoms with Crippen LogP contribution in [0, 0.1) is 6.92 Å². The molecule has 0 atom stereocenters. The predicted molar refractivity (Wildman–Crippen MR) is 91.1 cm³/mol. The number of ether oxygens (including phenoxy) is 1. The highest BCUT2D eigenvalue weighted by molar-refractivity contribution is 6.06. The van der Waals surface area contributed by atoms with Crippen molar-refractivity contribution in [3.63, 3.8) is 0 Å². The van der Waals surface area contributed by atoms with Crippen molar-refractivity contribution < 1.29 is 13.9 Å². The van der Waals surface area contributed by atoms with Crippen LogP contribution in [0.25, 0.3) is 11.0 Å². The van der Waals surface area contributed by atoms with E-state index >= 15 is 0 Å². The monoisotopic (exact) mass is 309 g/mol. The summed E-state index contributed by atoms with van der Waals surface area (Å²) in [5.74, 6) is 0.892. The molecular weight excluding hydrogens is 290 g/mol. The molecule has 1 N–H and O–H groups in total. The number of furan rings is 1. The molecule has 0 saturated carbocycles. The van der Waals surface area contributed by atoms with Crippen LogP contribution in [0.3, 0.4) is 0 Å². The quantitative estimate of drug-likeness (QED) is 0.737. The Hall–Kier alpha value is -2.75. The van der Waals surface area contributed by atoms with Crippen LogP contribution in [0.2, 0.25) is 0 Å². The van der Waals surface area contributed by atoms with Gasteiger partial charge in [0.05, 0.1) is 6.61 Å². The van der Waals surface area contributed by atoms with E-state index in [1.807, 2.05) is 55.5 Å². The Morgan fingerprint density at radius 1 is 1.13 bits per heavy atom. The fourth-order valence-electron chi connectivity index (χ4n) is 2.43. The van der Waals surface area contributed by atoms with Gasteiger partial charge in [0.25, 0.3) is 5.91 Å². The van der Waals surface area contributed by atoms with Crippen LogP contribution in [0.1, 0.15) is 29.5 Å². The summed E-state index contributed by atoms with van der Waals surface area (Å²) in [5, 5.41) is 3.81. The first-order valence-electron chi connectivity index (χ1n) is 7.71. The molecule has 1 aromatic heterocycles. The maximum atomic E-state index is 12.4. The molecule has 1 heterocycles. The number of para-hydroxylation sites is 1. The van der Waals surface area contributed by atoms with Crippen LogP contribution in [0.15, 0.2) is 52.9 Å². The molecule has 1 amide bonds. The van der Waals surface area contributed by atoms with Gasteiger partial charge in [0, 0.05) is 16.6 Å². The molecule has 0 fully saturated rings. The lowest BCUT2D eigenvalue weighted by molar-refractivity contribution is 0.0998. The number of aryl methyl sites for hydroxylation is 1. The Kier molecular flexibility index (Phi) is 4.33. The molecule has 0 radical (unpaired) electrons. The summed E-state index contributed by atoms with van der Waals surface area (Å²) in [6, 6.07) is 15.0. The first kappa shape index (κ1) is 15.2. The third-order valence-electron chi connectivity index (χ3n) is 3.63. The molecule has 4 heteroatoms. The van der Waals surface area contributed by atoms with Gasteiger partial charge in [0.2, 0.25) is 0 Å². The van der Waals surface area contributed by atoms with Gasteiger partial charge >= 0.3 is 0 Å². The molecule has 23 heavy (non-hydrogen) atoms. The van der Waals surface area contributed by atoms with Crippen molar-refractivity contribution in [2.45, 2.75) is 20.3 Å². The first-order valence-corrected chi connectivity index (χ1v) is 7.71. The van der Waals surface area contributed by atoms with E-state index in [0.717, 1.165) is 28.7 Å². The number of hydrogen-bond acceptors (Lipinski definition) is 3. The van der Waals surface area contributed by atoms with Gasteiger partial charge in [-0.25, -0.2) is 0 Å². The molecule has 0 saturated heterocycles. The molecule has 4 nitrogen and oxygen atoms in total. The number of benzene rings is 2. The van der Waals surface area contributed by atoms with Crippen LogP contribution >= 0.6 is 0 Å². The van der Waals surface area contributed by atoms with Gasteiger partial charge in [-0.05, 0) is 43.7 Å². The minimum Gasteiger partial charge on any atom is -0.494 e. The number of amides is 1. The third-order valence-corrected chi connectivity index (χ3v) is 3.63. The van der Waals surface area contributed by atoms with Crippen molar-refractivity contribution in [2.75, 3.05) is 11.9 Å². The molecule has 0 aliphatic heterocycles. The fourth-order valence-corrected chi connectivity index (χ4v) is 2.43. The average molecular weight is 309 g/mol. The molecule has 3 rings (SSSR count). The lowest BCUT2D eigenvalue weighted by atomic mass is 10.1. The maximum absolute atomic E-state index is 12.4. The number of anilines is 1. The highest BCUT2D eigenvalue weighted by Gasteiger charge is 2.17. The summed E-state index contributed by atoms with van der Waals surface area (Å²) in [4.78, 5) is 12.4. The van der Waals surface area contributed by atoms with Crippen LogP contribution in [-0.2, 0) is 0 Å². The fraction of sp³-hybridized carbons (Fsp3) is 0.211. The highest BCUT2D eigenvalue weighted by atomic mass is 16.5. The van der Waals surface area contributed by atoms with Gasteiger partial charge in [-0.3, -0.25) is 4.79 Å². The highest BCUT2D eigenvalue weighted by Crippen LogP contribution is 2.26. The van der Waals surface area contributed by atoms with Crippen molar-refractivity contribution in [3.8, 4) is 5.75 Å². The summed E-state index contributed by atoms with van der Waals surface area (Å²) in [6.07, 6.45) is 0.962. The van der Waals surface area contributed by atoms with E-state index in [2.05, 4.69) is 12.2 Å². The average Bonchev–Trinajstić information content (AvgIpc) is 2.92. The topological polar surface area (TPSA) is 51.5 Å². The summed E-state index contributed by atoms with van der Waals surface area (Å²) in [6.45, 7) is 4.64. The van der Waals surface area contributed by atoms with Gasteiger partial charge in [-0.1, -0.05) is 25.1 Å². The zero-order chi connectivity index (χ0) is 16.2. The van der Waals surface area contributed by atoms with Crippen molar-refractivity contribution in [3.05, 3.63) is 59.9 Å². The molecular formula is C19H19NO3. The number of nitrogens with one attached hydrogen (secondary N) is 1. The second-order valence-corrected chi connectivity index (χ2v) is 5.38. The van der Waals surface area contributed by atoms with E-state index in [1.54, 1.807) is 0 Å². The van der Waals surface area contributed by atoms with E-state index < -0.39 is 0 Å². The van der Waals surface area contributed by atoms with Crippen molar-refractivity contribution >= 4 is 22.6 Å². The predicted octanol–water partition coefficient (Wildman–Crippen LogP) is 4.78. The number of fused-ring (bicyclic) bond motifs is 1. The van der Waals surface area contributed by atoms with Crippen LogP contribution in [0.4, 0.5) is 5.69 Å². The van der Waals surface area contributed by atoms with Gasteiger partial charge < -0.3 is 14.5 Å². The second kappa shape index (κ2) is 6.57. The molecule has 3 aromatic rings. The Balaban J connectivity index is 1.76. The minimum absolute atomic E-state index is 0.249. The molecule has 118 valence electrons. The van der Waals surface area contributed by atoms with Crippen molar-refractivity contribution in [1.29, 1.82) is 0 Å².